The molecule has 1 N–H and O–H groups in total. The van der Waals surface area contributed by atoms with Crippen molar-refractivity contribution in [2.75, 3.05) is 4.90 Å². The maximum absolute atomic E-state index is 13.5. The molecule has 1 aromatic heterocycles. The lowest BCUT2D eigenvalue weighted by Crippen LogP contribution is -2.46. The molecular weight excluding hydrogens is 448 g/mol. The zero-order valence-electron chi connectivity index (χ0n) is 21.3. The number of aryl methyl sites for hydroxylation is 4. The van der Waals surface area contributed by atoms with E-state index in [0.717, 1.165) is 51.2 Å². The van der Waals surface area contributed by atoms with E-state index in [-0.39, 0.29) is 6.03 Å². The Hall–Kier alpha value is -4.19. The van der Waals surface area contributed by atoms with E-state index in [0.29, 0.717) is 11.7 Å². The lowest BCUT2D eigenvalue weighted by molar-refractivity contribution is 0.244. The van der Waals surface area contributed by atoms with Crippen LogP contribution in [0.25, 0.3) is 17.0 Å². The van der Waals surface area contributed by atoms with Crippen molar-refractivity contribution >= 4 is 17.3 Å². The van der Waals surface area contributed by atoms with E-state index in [1.54, 1.807) is 4.90 Å². The number of hydrogen-bond donors (Lipinski definition) is 1. The Morgan fingerprint density at radius 2 is 1.56 bits per heavy atom. The zero-order chi connectivity index (χ0) is 25.4. The molecule has 1 unspecified atom stereocenters. The molecule has 0 radical (unpaired) electrons. The van der Waals surface area contributed by atoms with Crippen LogP contribution < -0.4 is 10.2 Å². The van der Waals surface area contributed by atoms with E-state index in [9.17, 15) is 4.79 Å². The highest BCUT2D eigenvalue weighted by atomic mass is 16.5. The predicted molar refractivity (Wildman–Crippen MR) is 143 cm³/mol. The first-order valence-corrected chi connectivity index (χ1v) is 12.2. The van der Waals surface area contributed by atoms with Gasteiger partial charge in [0.05, 0.1) is 17.3 Å². The van der Waals surface area contributed by atoms with Gasteiger partial charge in [0, 0.05) is 11.3 Å². The predicted octanol–water partition coefficient (Wildman–Crippen LogP) is 6.93. The average molecular weight is 479 g/mol. The van der Waals surface area contributed by atoms with Crippen LogP contribution in [0, 0.1) is 20.8 Å². The Morgan fingerprint density at radius 1 is 0.889 bits per heavy atom. The first-order chi connectivity index (χ1) is 17.3. The molecule has 1 aliphatic heterocycles. The van der Waals surface area contributed by atoms with E-state index in [2.05, 4.69) is 47.7 Å². The Labute approximate surface area is 211 Å². The molecule has 36 heavy (non-hydrogen) atoms. The number of carbonyl (C=O) groups is 1. The van der Waals surface area contributed by atoms with Crippen LogP contribution in [-0.4, -0.2) is 16.2 Å². The van der Waals surface area contributed by atoms with Crippen molar-refractivity contribution in [1.29, 1.82) is 0 Å². The third-order valence-corrected chi connectivity index (χ3v) is 6.64. The van der Waals surface area contributed by atoms with Crippen molar-refractivity contribution in [2.24, 2.45) is 0 Å². The van der Waals surface area contributed by atoms with Gasteiger partial charge in [0.2, 0.25) is 5.82 Å². The van der Waals surface area contributed by atoms with Crippen LogP contribution in [0.3, 0.4) is 0 Å². The molecule has 0 bridgehead atoms. The summed E-state index contributed by atoms with van der Waals surface area (Å²) in [5.41, 5.74) is 8.76. The lowest BCUT2D eigenvalue weighted by Gasteiger charge is -2.35. The quantitative estimate of drug-likeness (QED) is 0.338. The van der Waals surface area contributed by atoms with Crippen LogP contribution in [0.4, 0.5) is 10.5 Å². The van der Waals surface area contributed by atoms with Crippen molar-refractivity contribution in [3.8, 4) is 11.4 Å². The molecule has 2 heterocycles. The number of anilines is 1. The second kappa shape index (κ2) is 9.46. The first kappa shape index (κ1) is 23.5. The molecule has 5 rings (SSSR count). The van der Waals surface area contributed by atoms with Gasteiger partial charge in [-0.05, 0) is 68.5 Å². The zero-order valence-corrected chi connectivity index (χ0v) is 21.3. The van der Waals surface area contributed by atoms with Gasteiger partial charge in [0.15, 0.2) is 0 Å². The van der Waals surface area contributed by atoms with Crippen molar-refractivity contribution in [3.05, 3.63) is 106 Å². The lowest BCUT2D eigenvalue weighted by atomic mass is 9.93. The molecule has 1 atom stereocenters. The fourth-order valence-electron chi connectivity index (χ4n) is 4.76. The molecule has 4 aromatic rings. The number of rotatable bonds is 5. The maximum Gasteiger partial charge on any atom is 0.326 e. The van der Waals surface area contributed by atoms with Crippen LogP contribution >= 0.6 is 0 Å². The number of amides is 2. The molecular formula is C30H30N4O2. The van der Waals surface area contributed by atoms with Crippen LogP contribution in [0.15, 0.2) is 77.0 Å². The Morgan fingerprint density at radius 3 is 2.19 bits per heavy atom. The Kier molecular flexibility index (Phi) is 6.18. The summed E-state index contributed by atoms with van der Waals surface area (Å²) >= 11 is 0. The summed E-state index contributed by atoms with van der Waals surface area (Å²) < 4.78 is 5.83. The van der Waals surface area contributed by atoms with Crippen LogP contribution in [0.5, 0.6) is 0 Å². The van der Waals surface area contributed by atoms with Gasteiger partial charge in [-0.3, -0.25) is 4.90 Å². The minimum Gasteiger partial charge on any atom is -0.334 e. The number of hydrogen-bond acceptors (Lipinski definition) is 4. The molecule has 0 aliphatic carbocycles. The second-order valence-electron chi connectivity index (χ2n) is 9.45. The van der Waals surface area contributed by atoms with Gasteiger partial charge in [-0.25, -0.2) is 4.79 Å². The Bertz CT molecular complexity index is 1430. The van der Waals surface area contributed by atoms with Crippen molar-refractivity contribution in [1.82, 2.24) is 15.5 Å². The van der Waals surface area contributed by atoms with Crippen molar-refractivity contribution < 1.29 is 9.32 Å². The summed E-state index contributed by atoms with van der Waals surface area (Å²) in [5, 5.41) is 7.47. The molecule has 0 saturated heterocycles. The van der Waals surface area contributed by atoms with E-state index in [4.69, 9.17) is 9.51 Å². The highest BCUT2D eigenvalue weighted by molar-refractivity contribution is 6.01. The molecule has 0 saturated carbocycles. The van der Waals surface area contributed by atoms with E-state index in [1.165, 1.54) is 5.56 Å². The Balaban J connectivity index is 1.65. The fourth-order valence-corrected chi connectivity index (χ4v) is 4.76. The minimum absolute atomic E-state index is 0.191. The van der Waals surface area contributed by atoms with Gasteiger partial charge in [-0.15, -0.1) is 0 Å². The minimum atomic E-state index is -0.420. The summed E-state index contributed by atoms with van der Waals surface area (Å²) in [5.74, 6) is 0.905. The summed E-state index contributed by atoms with van der Waals surface area (Å²) in [7, 11) is 0. The largest absolute Gasteiger partial charge is 0.334 e. The normalized spacial score (nSPS) is 15.9. The number of allylic oxidation sites excluding steroid dienone is 1. The standard InChI is InChI=1S/C30H30N4O2/c1-6-22-9-13-23(14-10-22)27-26(29-32-28(33-36-29)24-11-7-18(2)8-12-24)21(5)34(30(35)31-27)25-16-19(3)15-20(4)17-25/h7-17,27H,6H2,1-5H3,(H,31,35). The number of nitrogens with zero attached hydrogens (tertiary/aromatic N) is 3. The fraction of sp³-hybridized carbons (Fsp3) is 0.233. The smallest absolute Gasteiger partial charge is 0.326 e. The highest BCUT2D eigenvalue weighted by Crippen LogP contribution is 2.39. The SMILES string of the molecule is CCc1ccc(C2NC(=O)N(c3cc(C)cc(C)c3)C(C)=C2c2nc(-c3ccc(C)cc3)no2)cc1. The number of benzene rings is 3. The molecule has 3 aromatic carbocycles. The number of carbonyl (C=O) groups excluding carboxylic acids is 1. The van der Waals surface area contributed by atoms with Crippen molar-refractivity contribution in [2.45, 2.75) is 47.1 Å². The highest BCUT2D eigenvalue weighted by Gasteiger charge is 2.36. The second-order valence-corrected chi connectivity index (χ2v) is 9.45. The third kappa shape index (κ3) is 4.42. The van der Waals surface area contributed by atoms with Crippen LogP contribution in [0.2, 0.25) is 0 Å². The molecule has 6 nitrogen and oxygen atoms in total. The van der Waals surface area contributed by atoms with Gasteiger partial charge in [-0.2, -0.15) is 4.98 Å². The summed E-state index contributed by atoms with van der Waals surface area (Å²) in [6.07, 6.45) is 0.948. The summed E-state index contributed by atoms with van der Waals surface area (Å²) in [4.78, 5) is 19.9. The van der Waals surface area contributed by atoms with Crippen molar-refractivity contribution in [3.63, 3.8) is 0 Å². The average Bonchev–Trinajstić information content (AvgIpc) is 3.33. The molecule has 182 valence electrons. The van der Waals surface area contributed by atoms with Gasteiger partial charge < -0.3 is 9.84 Å². The third-order valence-electron chi connectivity index (χ3n) is 6.64. The van der Waals surface area contributed by atoms with Gasteiger partial charge >= 0.3 is 6.03 Å². The molecule has 6 heteroatoms. The monoisotopic (exact) mass is 478 g/mol. The van der Waals surface area contributed by atoms with E-state index >= 15 is 0 Å². The number of urea groups is 1. The van der Waals surface area contributed by atoms with E-state index in [1.807, 2.05) is 64.1 Å². The van der Waals surface area contributed by atoms with Gasteiger partial charge in [0.1, 0.15) is 0 Å². The van der Waals surface area contributed by atoms with Gasteiger partial charge in [0.25, 0.3) is 5.89 Å². The van der Waals surface area contributed by atoms with Gasteiger partial charge in [-0.1, -0.05) is 72.2 Å². The van der Waals surface area contributed by atoms with Crippen LogP contribution in [-0.2, 0) is 6.42 Å². The summed E-state index contributed by atoms with van der Waals surface area (Å²) in [6.45, 7) is 10.2. The molecule has 1 aliphatic rings. The topological polar surface area (TPSA) is 71.3 Å². The molecule has 0 fully saturated rings. The van der Waals surface area contributed by atoms with Crippen LogP contribution in [0.1, 0.15) is 53.6 Å². The molecule has 0 spiro atoms. The van der Waals surface area contributed by atoms with E-state index < -0.39 is 6.04 Å². The maximum atomic E-state index is 13.5. The summed E-state index contributed by atoms with van der Waals surface area (Å²) in [6, 6.07) is 21.8. The first-order valence-electron chi connectivity index (χ1n) is 12.2. The number of nitrogens with one attached hydrogen (secondary N) is 1. The number of aromatic nitrogens is 2. The molecule has 2 amide bonds.